The number of rotatable bonds is 3. The van der Waals surface area contributed by atoms with Gasteiger partial charge in [-0.3, -0.25) is 4.79 Å². The molecule has 1 aromatic heterocycles. The lowest BCUT2D eigenvalue weighted by Crippen LogP contribution is -2.47. The van der Waals surface area contributed by atoms with E-state index in [1.54, 1.807) is 24.3 Å². The molecule has 0 aliphatic carbocycles. The quantitative estimate of drug-likeness (QED) is 0.394. The number of thioether (sulfide) groups is 1. The summed E-state index contributed by atoms with van der Waals surface area (Å²) in [4.78, 5) is 21.9. The first kappa shape index (κ1) is 22.1. The Morgan fingerprint density at radius 3 is 2.45 bits per heavy atom. The van der Waals surface area contributed by atoms with E-state index in [1.807, 2.05) is 12.1 Å². The third-order valence-corrected chi connectivity index (χ3v) is 7.26. The number of hydrogen-bond donors (Lipinski definition) is 0. The van der Waals surface area contributed by atoms with Gasteiger partial charge < -0.3 is 14.2 Å². The Balaban J connectivity index is 1.24. The molecule has 0 saturated carbocycles. The Kier molecular flexibility index (Phi) is 6.23. The maximum absolute atomic E-state index is 12.5. The number of amidine groups is 1. The van der Waals surface area contributed by atoms with Crippen LogP contribution in [-0.2, 0) is 4.79 Å². The van der Waals surface area contributed by atoms with Crippen LogP contribution in [0.25, 0.3) is 17.4 Å². The molecule has 0 radical (unpaired) electrons. The Morgan fingerprint density at radius 1 is 0.970 bits per heavy atom. The van der Waals surface area contributed by atoms with Crippen LogP contribution in [-0.4, -0.2) is 42.2 Å². The van der Waals surface area contributed by atoms with Gasteiger partial charge in [0.15, 0.2) is 5.17 Å². The van der Waals surface area contributed by atoms with E-state index in [1.165, 1.54) is 23.0 Å². The second-order valence-electron chi connectivity index (χ2n) is 7.95. The number of halogens is 2. The molecule has 2 aliphatic heterocycles. The number of nitrogens with zero attached hydrogens (tertiary/aromatic N) is 3. The highest BCUT2D eigenvalue weighted by Gasteiger charge is 2.29. The van der Waals surface area contributed by atoms with Gasteiger partial charge in [0.25, 0.3) is 5.91 Å². The monoisotopic (exact) mass is 497 g/mol. The molecule has 0 atom stereocenters. The van der Waals surface area contributed by atoms with Gasteiger partial charge in [-0.1, -0.05) is 40.9 Å². The Labute approximate surface area is 206 Å². The smallest absolute Gasteiger partial charge is 0.286 e. The van der Waals surface area contributed by atoms with Crippen molar-refractivity contribution >= 4 is 57.8 Å². The first-order valence-electron chi connectivity index (χ1n) is 10.6. The largest absolute Gasteiger partial charge is 0.457 e. The fourth-order valence-electron chi connectivity index (χ4n) is 3.84. The first-order chi connectivity index (χ1) is 16.0. The zero-order chi connectivity index (χ0) is 22.9. The van der Waals surface area contributed by atoms with Crippen molar-refractivity contribution in [2.24, 2.45) is 4.99 Å². The summed E-state index contributed by atoms with van der Waals surface area (Å²) < 4.78 is 5.91. The van der Waals surface area contributed by atoms with Crippen molar-refractivity contribution in [1.82, 2.24) is 4.90 Å². The minimum Gasteiger partial charge on any atom is -0.457 e. The van der Waals surface area contributed by atoms with E-state index < -0.39 is 0 Å². The van der Waals surface area contributed by atoms with Crippen LogP contribution in [0.1, 0.15) is 11.3 Å². The average Bonchev–Trinajstić information content (AvgIpc) is 3.43. The van der Waals surface area contributed by atoms with Crippen molar-refractivity contribution in [2.45, 2.75) is 6.92 Å². The normalized spacial score (nSPS) is 17.7. The van der Waals surface area contributed by atoms with E-state index in [0.29, 0.717) is 32.0 Å². The van der Waals surface area contributed by atoms with E-state index in [0.717, 1.165) is 31.3 Å². The molecule has 3 heterocycles. The van der Waals surface area contributed by atoms with Crippen LogP contribution in [0.3, 0.4) is 0 Å². The molecular weight excluding hydrogens is 477 g/mol. The van der Waals surface area contributed by atoms with Crippen LogP contribution < -0.4 is 4.90 Å². The minimum atomic E-state index is -0.241. The summed E-state index contributed by atoms with van der Waals surface area (Å²) >= 11 is 13.8. The number of carbonyl (C=O) groups excluding carboxylic acids is 1. The summed E-state index contributed by atoms with van der Waals surface area (Å²) in [6.45, 7) is 5.50. The Bertz CT molecular complexity index is 1260. The zero-order valence-corrected chi connectivity index (χ0v) is 20.3. The van der Waals surface area contributed by atoms with E-state index in [4.69, 9.17) is 27.6 Å². The Hall–Kier alpha value is -2.67. The van der Waals surface area contributed by atoms with E-state index >= 15 is 0 Å². The van der Waals surface area contributed by atoms with Gasteiger partial charge in [-0.15, -0.1) is 0 Å². The number of anilines is 1. The summed E-state index contributed by atoms with van der Waals surface area (Å²) in [5.74, 6) is 0.922. The molecule has 8 heteroatoms. The molecule has 2 aliphatic rings. The Morgan fingerprint density at radius 2 is 1.70 bits per heavy atom. The summed E-state index contributed by atoms with van der Waals surface area (Å²) in [7, 11) is 0. The van der Waals surface area contributed by atoms with Crippen LogP contribution in [0, 0.1) is 6.92 Å². The van der Waals surface area contributed by atoms with Crippen LogP contribution in [0.5, 0.6) is 0 Å². The van der Waals surface area contributed by atoms with Crippen LogP contribution in [0.4, 0.5) is 5.69 Å². The SMILES string of the molecule is Cc1ccc(N2CCN(C3=NC(=O)/C(=C\c4ccc(-c5cc(Cl)ccc5Cl)o4)S3)CC2)cc1. The van der Waals surface area contributed by atoms with Gasteiger partial charge in [0.1, 0.15) is 11.5 Å². The van der Waals surface area contributed by atoms with Crippen molar-refractivity contribution in [3.63, 3.8) is 0 Å². The summed E-state index contributed by atoms with van der Waals surface area (Å²) in [6, 6.07) is 17.4. The lowest BCUT2D eigenvalue weighted by molar-refractivity contribution is -0.113. The van der Waals surface area contributed by atoms with E-state index in [-0.39, 0.29) is 5.91 Å². The molecule has 0 bridgehead atoms. The second kappa shape index (κ2) is 9.29. The van der Waals surface area contributed by atoms with Crippen molar-refractivity contribution in [3.8, 4) is 11.3 Å². The molecule has 5 nitrogen and oxygen atoms in total. The molecule has 1 fully saturated rings. The van der Waals surface area contributed by atoms with Gasteiger partial charge in [0.05, 0.1) is 9.93 Å². The fourth-order valence-corrected chi connectivity index (χ4v) is 5.16. The zero-order valence-electron chi connectivity index (χ0n) is 17.9. The second-order valence-corrected chi connectivity index (χ2v) is 9.80. The van der Waals surface area contributed by atoms with Gasteiger partial charge in [-0.25, -0.2) is 0 Å². The molecule has 0 spiro atoms. The van der Waals surface area contributed by atoms with Gasteiger partial charge >= 0.3 is 0 Å². The van der Waals surface area contributed by atoms with E-state index in [9.17, 15) is 4.79 Å². The van der Waals surface area contributed by atoms with Crippen LogP contribution in [0.2, 0.25) is 10.0 Å². The number of amides is 1. The van der Waals surface area contributed by atoms with Gasteiger partial charge in [0, 0.05) is 48.5 Å². The predicted octanol–water partition coefficient (Wildman–Crippen LogP) is 6.35. The molecule has 2 aromatic carbocycles. The molecule has 168 valence electrons. The first-order valence-corrected chi connectivity index (χ1v) is 12.2. The number of hydrogen-bond acceptors (Lipinski definition) is 5. The third-order valence-electron chi connectivity index (χ3n) is 5.65. The summed E-state index contributed by atoms with van der Waals surface area (Å²) in [6.07, 6.45) is 1.73. The number of furan rings is 1. The van der Waals surface area contributed by atoms with E-state index in [2.05, 4.69) is 46.0 Å². The molecular formula is C25H21Cl2N3O2S. The molecule has 3 aromatic rings. The highest BCUT2D eigenvalue weighted by Crippen LogP contribution is 2.35. The maximum Gasteiger partial charge on any atom is 0.286 e. The van der Waals surface area contributed by atoms with Gasteiger partial charge in [-0.2, -0.15) is 4.99 Å². The van der Waals surface area contributed by atoms with Crippen LogP contribution in [0.15, 0.2) is 68.9 Å². The summed E-state index contributed by atoms with van der Waals surface area (Å²) in [5.41, 5.74) is 3.19. The molecule has 1 saturated heterocycles. The molecule has 33 heavy (non-hydrogen) atoms. The van der Waals surface area contributed by atoms with Crippen molar-refractivity contribution in [1.29, 1.82) is 0 Å². The minimum absolute atomic E-state index is 0.241. The highest BCUT2D eigenvalue weighted by atomic mass is 35.5. The average molecular weight is 498 g/mol. The molecule has 0 unspecified atom stereocenters. The number of aryl methyl sites for hydroxylation is 1. The highest BCUT2D eigenvalue weighted by molar-refractivity contribution is 8.18. The molecule has 5 rings (SSSR count). The van der Waals surface area contributed by atoms with Crippen molar-refractivity contribution < 1.29 is 9.21 Å². The fraction of sp³-hybridized carbons (Fsp3) is 0.200. The number of benzene rings is 2. The lowest BCUT2D eigenvalue weighted by atomic mass is 10.2. The topological polar surface area (TPSA) is 49.0 Å². The number of aliphatic imine (C=N–C) groups is 1. The molecule has 1 amide bonds. The van der Waals surface area contributed by atoms with Gasteiger partial charge in [0.2, 0.25) is 0 Å². The van der Waals surface area contributed by atoms with Gasteiger partial charge in [-0.05, 0) is 61.2 Å². The standard InChI is InChI=1S/C25H21Cl2N3O2S/c1-16-2-5-18(6-3-16)29-10-12-30(13-11-29)25-28-24(31)23(33-25)15-19-7-9-22(32-19)20-14-17(26)4-8-21(20)27/h2-9,14-15H,10-13H2,1H3/b23-15+. The van der Waals surface area contributed by atoms with Crippen molar-refractivity contribution in [3.05, 3.63) is 80.9 Å². The molecule has 0 N–H and O–H groups in total. The third kappa shape index (κ3) is 4.83. The van der Waals surface area contributed by atoms with Crippen molar-refractivity contribution in [2.75, 3.05) is 31.1 Å². The lowest BCUT2D eigenvalue weighted by Gasteiger charge is -2.36. The summed E-state index contributed by atoms with van der Waals surface area (Å²) in [5, 5.41) is 1.88. The number of carbonyl (C=O) groups is 1. The maximum atomic E-state index is 12.5. The van der Waals surface area contributed by atoms with Crippen LogP contribution >= 0.6 is 35.0 Å². The predicted molar refractivity (Wildman–Crippen MR) is 137 cm³/mol. The number of piperazine rings is 1.